The van der Waals surface area contributed by atoms with Gasteiger partial charge < -0.3 is 4.74 Å². The van der Waals surface area contributed by atoms with Gasteiger partial charge in [0.25, 0.3) is 0 Å². The largest absolute Gasteiger partial charge is 0.492 e. The van der Waals surface area contributed by atoms with Crippen LogP contribution in [-0.4, -0.2) is 27.9 Å². The molecule has 0 saturated heterocycles. The highest BCUT2D eigenvalue weighted by molar-refractivity contribution is 5.73. The maximum absolute atomic E-state index is 10.9. The first kappa shape index (κ1) is 12.3. The molecule has 0 aliphatic heterocycles. The van der Waals surface area contributed by atoms with Crippen molar-refractivity contribution in [1.82, 2.24) is 15.0 Å². The second kappa shape index (κ2) is 5.44. The molecule has 0 spiro atoms. The predicted octanol–water partition coefficient (Wildman–Crippen LogP) is 2.04. The average Bonchev–Trinajstić information content (AvgIpc) is 2.82. The number of para-hydroxylation sites is 2. The Bertz CT molecular complexity index is 549. The maximum Gasteiger partial charge on any atom is 0.172 e. The van der Waals surface area contributed by atoms with Crippen molar-refractivity contribution < 1.29 is 9.53 Å². The second-order valence-electron chi connectivity index (χ2n) is 3.71. The van der Waals surface area contributed by atoms with E-state index in [1.165, 1.54) is 0 Å². The summed E-state index contributed by atoms with van der Waals surface area (Å²) < 4.78 is 7.22. The lowest BCUT2D eigenvalue weighted by molar-refractivity contribution is 0.111. The number of carbonyl (C=O) groups excluding carboxylic acids is 1. The highest BCUT2D eigenvalue weighted by atomic mass is 16.5. The van der Waals surface area contributed by atoms with Crippen LogP contribution in [0.5, 0.6) is 5.75 Å². The highest BCUT2D eigenvalue weighted by Crippen LogP contribution is 2.23. The van der Waals surface area contributed by atoms with Crippen LogP contribution in [0.3, 0.4) is 0 Å². The number of benzene rings is 1. The van der Waals surface area contributed by atoms with Gasteiger partial charge in [0, 0.05) is 0 Å². The molecule has 0 aliphatic rings. The maximum atomic E-state index is 10.9. The molecule has 18 heavy (non-hydrogen) atoms. The Morgan fingerprint density at radius 3 is 2.78 bits per heavy atom. The molecule has 0 bridgehead atoms. The van der Waals surface area contributed by atoms with Crippen molar-refractivity contribution >= 4 is 6.29 Å². The minimum absolute atomic E-state index is 0.379. The molecule has 0 atom stereocenters. The van der Waals surface area contributed by atoms with E-state index in [4.69, 9.17) is 4.74 Å². The molecule has 2 aromatic rings. The molecule has 0 fully saturated rings. The van der Waals surface area contributed by atoms with Gasteiger partial charge in [-0.05, 0) is 25.5 Å². The van der Waals surface area contributed by atoms with Crippen LogP contribution < -0.4 is 4.74 Å². The van der Waals surface area contributed by atoms with E-state index < -0.39 is 0 Å². The number of ether oxygens (including phenoxy) is 1. The fourth-order valence-corrected chi connectivity index (χ4v) is 1.84. The fourth-order valence-electron chi connectivity index (χ4n) is 1.84. The highest BCUT2D eigenvalue weighted by Gasteiger charge is 2.14. The third-order valence-corrected chi connectivity index (χ3v) is 2.63. The number of rotatable bonds is 5. The monoisotopic (exact) mass is 245 g/mol. The molecule has 1 aromatic carbocycles. The Hall–Kier alpha value is -2.17. The first-order chi connectivity index (χ1) is 8.81. The van der Waals surface area contributed by atoms with Crippen LogP contribution in [0.15, 0.2) is 24.3 Å². The standard InChI is InChI=1S/C13H15N3O2/c1-3-11-10(9-17)14-15-16(11)12-7-5-6-8-13(12)18-4-2/h5-9H,3-4H2,1-2H3. The molecule has 2 rings (SSSR count). The Kier molecular flexibility index (Phi) is 3.72. The SMILES string of the molecule is CCOc1ccccc1-n1nnc(C=O)c1CC. The van der Waals surface area contributed by atoms with Crippen LogP contribution in [-0.2, 0) is 6.42 Å². The van der Waals surface area contributed by atoms with Gasteiger partial charge in [-0.1, -0.05) is 24.3 Å². The Balaban J connectivity index is 2.54. The Labute approximate surface area is 105 Å². The van der Waals surface area contributed by atoms with Crippen molar-refractivity contribution in [3.05, 3.63) is 35.7 Å². The minimum Gasteiger partial charge on any atom is -0.492 e. The zero-order chi connectivity index (χ0) is 13.0. The summed E-state index contributed by atoms with van der Waals surface area (Å²) in [6.45, 7) is 4.47. The quantitative estimate of drug-likeness (QED) is 0.756. The van der Waals surface area contributed by atoms with Crippen LogP contribution in [0.2, 0.25) is 0 Å². The van der Waals surface area contributed by atoms with E-state index in [2.05, 4.69) is 10.3 Å². The third-order valence-electron chi connectivity index (χ3n) is 2.63. The fraction of sp³-hybridized carbons (Fsp3) is 0.308. The van der Waals surface area contributed by atoms with Crippen molar-refractivity contribution in [3.63, 3.8) is 0 Å². The summed E-state index contributed by atoms with van der Waals surface area (Å²) in [7, 11) is 0. The van der Waals surface area contributed by atoms with E-state index in [9.17, 15) is 4.79 Å². The Morgan fingerprint density at radius 1 is 1.33 bits per heavy atom. The molecule has 1 aromatic heterocycles. The lowest BCUT2D eigenvalue weighted by atomic mass is 10.2. The molecule has 0 saturated carbocycles. The summed E-state index contributed by atoms with van der Waals surface area (Å²) in [5, 5.41) is 7.90. The van der Waals surface area contributed by atoms with Gasteiger partial charge >= 0.3 is 0 Å². The topological polar surface area (TPSA) is 57.0 Å². The number of aromatic nitrogens is 3. The summed E-state index contributed by atoms with van der Waals surface area (Å²) in [6.07, 6.45) is 1.41. The van der Waals surface area contributed by atoms with Crippen molar-refractivity contribution in [1.29, 1.82) is 0 Å². The Morgan fingerprint density at radius 2 is 2.11 bits per heavy atom. The zero-order valence-electron chi connectivity index (χ0n) is 10.5. The van der Waals surface area contributed by atoms with Crippen molar-refractivity contribution in [3.8, 4) is 11.4 Å². The van der Waals surface area contributed by atoms with Gasteiger partial charge in [0.1, 0.15) is 17.1 Å². The van der Waals surface area contributed by atoms with Gasteiger partial charge in [-0.25, -0.2) is 4.68 Å². The van der Waals surface area contributed by atoms with Crippen molar-refractivity contribution in [2.75, 3.05) is 6.61 Å². The van der Waals surface area contributed by atoms with Crippen molar-refractivity contribution in [2.24, 2.45) is 0 Å². The van der Waals surface area contributed by atoms with Gasteiger partial charge in [0.2, 0.25) is 0 Å². The van der Waals surface area contributed by atoms with Crippen LogP contribution in [0.1, 0.15) is 30.0 Å². The van der Waals surface area contributed by atoms with Crippen LogP contribution in [0.25, 0.3) is 5.69 Å². The third kappa shape index (κ3) is 2.11. The normalized spacial score (nSPS) is 10.3. The molecule has 5 heteroatoms. The zero-order valence-corrected chi connectivity index (χ0v) is 10.5. The summed E-state index contributed by atoms with van der Waals surface area (Å²) in [5.41, 5.74) is 1.97. The smallest absolute Gasteiger partial charge is 0.172 e. The summed E-state index contributed by atoms with van der Waals surface area (Å²) >= 11 is 0. The summed E-state index contributed by atoms with van der Waals surface area (Å²) in [4.78, 5) is 10.9. The molecule has 0 radical (unpaired) electrons. The minimum atomic E-state index is 0.379. The van der Waals surface area contributed by atoms with Crippen molar-refractivity contribution in [2.45, 2.75) is 20.3 Å². The van der Waals surface area contributed by atoms with E-state index in [0.29, 0.717) is 18.7 Å². The number of aldehydes is 1. The predicted molar refractivity (Wildman–Crippen MR) is 67.3 cm³/mol. The molecule has 94 valence electrons. The molecule has 5 nitrogen and oxygen atoms in total. The molecule has 0 aliphatic carbocycles. The van der Waals surface area contributed by atoms with Gasteiger partial charge in [-0.2, -0.15) is 0 Å². The van der Waals surface area contributed by atoms with Gasteiger partial charge in [0.05, 0.1) is 12.3 Å². The second-order valence-corrected chi connectivity index (χ2v) is 3.71. The molecule has 0 unspecified atom stereocenters. The van der Waals surface area contributed by atoms with Crippen LogP contribution in [0, 0.1) is 0 Å². The van der Waals surface area contributed by atoms with E-state index in [-0.39, 0.29) is 0 Å². The summed E-state index contributed by atoms with van der Waals surface area (Å²) in [5.74, 6) is 0.733. The lowest BCUT2D eigenvalue weighted by Crippen LogP contribution is -2.05. The van der Waals surface area contributed by atoms with E-state index in [1.54, 1.807) is 4.68 Å². The van der Waals surface area contributed by atoms with Crippen LogP contribution >= 0.6 is 0 Å². The molecular weight excluding hydrogens is 230 g/mol. The molecule has 1 heterocycles. The van der Waals surface area contributed by atoms with E-state index in [0.717, 1.165) is 23.4 Å². The summed E-state index contributed by atoms with van der Waals surface area (Å²) in [6, 6.07) is 7.57. The van der Waals surface area contributed by atoms with E-state index in [1.807, 2.05) is 38.1 Å². The van der Waals surface area contributed by atoms with Gasteiger partial charge in [0.15, 0.2) is 6.29 Å². The van der Waals surface area contributed by atoms with Gasteiger partial charge in [-0.3, -0.25) is 4.79 Å². The lowest BCUT2D eigenvalue weighted by Gasteiger charge is -2.11. The average molecular weight is 245 g/mol. The van der Waals surface area contributed by atoms with Crippen LogP contribution in [0.4, 0.5) is 0 Å². The number of hydrogen-bond donors (Lipinski definition) is 0. The van der Waals surface area contributed by atoms with E-state index >= 15 is 0 Å². The molecule has 0 N–H and O–H groups in total. The van der Waals surface area contributed by atoms with Gasteiger partial charge in [-0.15, -0.1) is 5.10 Å². The number of hydrogen-bond acceptors (Lipinski definition) is 4. The first-order valence-corrected chi connectivity index (χ1v) is 5.93. The first-order valence-electron chi connectivity index (χ1n) is 5.93. The molecular formula is C13H15N3O2. The number of nitrogens with zero attached hydrogens (tertiary/aromatic N) is 3. The number of carbonyl (C=O) groups is 1. The molecule has 0 amide bonds.